The Labute approximate surface area is 107 Å². The predicted octanol–water partition coefficient (Wildman–Crippen LogP) is 3.15. The number of benzene rings is 1. The van der Waals surface area contributed by atoms with E-state index in [0.29, 0.717) is 5.92 Å². The van der Waals surface area contributed by atoms with Gasteiger partial charge in [0, 0.05) is 18.1 Å². The maximum atomic E-state index is 12.5. The van der Waals surface area contributed by atoms with E-state index < -0.39 is 0 Å². The Kier molecular flexibility index (Phi) is 2.73. The van der Waals surface area contributed by atoms with Crippen LogP contribution in [0.4, 0.5) is 0 Å². The number of hydrogen-bond donors (Lipinski definition) is 0. The fourth-order valence-corrected chi connectivity index (χ4v) is 3.02. The van der Waals surface area contributed by atoms with E-state index in [4.69, 9.17) is 0 Å². The molecule has 0 saturated heterocycles. The van der Waals surface area contributed by atoms with Crippen LogP contribution in [0.2, 0.25) is 0 Å². The Hall–Kier alpha value is -1.57. The largest absolute Gasteiger partial charge is 0.314 e. The number of rotatable bonds is 2. The molecule has 0 atom stereocenters. The third-order valence-corrected chi connectivity index (χ3v) is 3.73. The normalized spacial score (nSPS) is 14.4. The van der Waals surface area contributed by atoms with Crippen LogP contribution in [0.15, 0.2) is 29.2 Å². The third kappa shape index (κ3) is 1.76. The molecule has 0 saturated carbocycles. The van der Waals surface area contributed by atoms with Crippen molar-refractivity contribution in [1.29, 1.82) is 0 Å². The number of hydrogen-bond acceptors (Lipinski definition) is 1. The van der Waals surface area contributed by atoms with Crippen molar-refractivity contribution in [3.05, 3.63) is 45.9 Å². The number of aryl methyl sites for hydroxylation is 2. The van der Waals surface area contributed by atoms with E-state index in [9.17, 15) is 4.79 Å². The molecule has 2 aromatic rings. The van der Waals surface area contributed by atoms with Crippen LogP contribution >= 0.6 is 0 Å². The molecule has 1 aromatic carbocycles. The van der Waals surface area contributed by atoms with Crippen molar-refractivity contribution >= 4 is 10.8 Å². The predicted molar refractivity (Wildman–Crippen MR) is 75.1 cm³/mol. The Bertz CT molecular complexity index is 652. The van der Waals surface area contributed by atoms with Gasteiger partial charge in [-0.2, -0.15) is 0 Å². The van der Waals surface area contributed by atoms with Gasteiger partial charge in [-0.15, -0.1) is 0 Å². The van der Waals surface area contributed by atoms with Crippen LogP contribution in [0.3, 0.4) is 0 Å². The summed E-state index contributed by atoms with van der Waals surface area (Å²) in [5.41, 5.74) is 2.88. The Morgan fingerprint density at radius 2 is 2.00 bits per heavy atom. The molecular weight excluding hydrogens is 222 g/mol. The molecule has 0 amide bonds. The lowest BCUT2D eigenvalue weighted by Crippen LogP contribution is -2.24. The highest BCUT2D eigenvalue weighted by Crippen LogP contribution is 2.27. The Morgan fingerprint density at radius 1 is 1.22 bits per heavy atom. The van der Waals surface area contributed by atoms with Gasteiger partial charge in [-0.05, 0) is 47.8 Å². The van der Waals surface area contributed by atoms with Gasteiger partial charge in [-0.1, -0.05) is 26.0 Å². The van der Waals surface area contributed by atoms with Gasteiger partial charge in [-0.25, -0.2) is 0 Å². The molecule has 0 radical (unpaired) electrons. The summed E-state index contributed by atoms with van der Waals surface area (Å²) in [5, 5.41) is 2.14. The van der Waals surface area contributed by atoms with Crippen LogP contribution < -0.4 is 5.56 Å². The third-order valence-electron chi connectivity index (χ3n) is 3.73. The highest BCUT2D eigenvalue weighted by Gasteiger charge is 2.16. The lowest BCUT2D eigenvalue weighted by Gasteiger charge is -2.19. The summed E-state index contributed by atoms with van der Waals surface area (Å²) in [6.45, 7) is 5.11. The van der Waals surface area contributed by atoms with Gasteiger partial charge >= 0.3 is 0 Å². The van der Waals surface area contributed by atoms with Gasteiger partial charge in [0.1, 0.15) is 0 Å². The molecule has 2 nitrogen and oxygen atoms in total. The molecular formula is C16H19NO. The van der Waals surface area contributed by atoms with Crippen molar-refractivity contribution in [1.82, 2.24) is 4.57 Å². The minimum atomic E-state index is 0.172. The van der Waals surface area contributed by atoms with Gasteiger partial charge in [-0.3, -0.25) is 4.79 Å². The second kappa shape index (κ2) is 4.27. The molecule has 1 aliphatic carbocycles. The van der Waals surface area contributed by atoms with Crippen molar-refractivity contribution in [3.8, 4) is 0 Å². The molecule has 0 unspecified atom stereocenters. The highest BCUT2D eigenvalue weighted by molar-refractivity contribution is 5.88. The first-order chi connectivity index (χ1) is 8.66. The van der Waals surface area contributed by atoms with Gasteiger partial charge < -0.3 is 4.57 Å². The van der Waals surface area contributed by atoms with Crippen LogP contribution in [0, 0.1) is 5.92 Å². The first-order valence-electron chi connectivity index (χ1n) is 6.80. The quantitative estimate of drug-likeness (QED) is 0.791. The van der Waals surface area contributed by atoms with Gasteiger partial charge in [0.2, 0.25) is 0 Å². The fourth-order valence-electron chi connectivity index (χ4n) is 3.02. The maximum absolute atomic E-state index is 12.5. The molecule has 0 fully saturated rings. The van der Waals surface area contributed by atoms with Gasteiger partial charge in [0.05, 0.1) is 0 Å². The molecule has 0 N–H and O–H groups in total. The first kappa shape index (κ1) is 11.5. The Morgan fingerprint density at radius 3 is 2.78 bits per heavy atom. The van der Waals surface area contributed by atoms with Crippen molar-refractivity contribution in [2.45, 2.75) is 39.7 Å². The lowest BCUT2D eigenvalue weighted by molar-refractivity contribution is 0.511. The molecule has 0 bridgehead atoms. The highest BCUT2D eigenvalue weighted by atomic mass is 16.1. The van der Waals surface area contributed by atoms with E-state index in [1.165, 1.54) is 22.9 Å². The van der Waals surface area contributed by atoms with E-state index in [0.717, 1.165) is 24.8 Å². The number of nitrogens with zero attached hydrogens (tertiary/aromatic N) is 1. The second-order valence-corrected chi connectivity index (χ2v) is 5.70. The minimum Gasteiger partial charge on any atom is -0.314 e. The Balaban J connectivity index is 2.31. The zero-order chi connectivity index (χ0) is 12.7. The first-order valence-corrected chi connectivity index (χ1v) is 6.80. The number of pyridine rings is 1. The zero-order valence-electron chi connectivity index (χ0n) is 11.1. The SMILES string of the molecule is CC(C)Cn1cc2c3c(cccc3c1=O)CCC2. The molecule has 1 aliphatic rings. The summed E-state index contributed by atoms with van der Waals surface area (Å²) in [6.07, 6.45) is 5.50. The van der Waals surface area contributed by atoms with Crippen LogP contribution in [0.5, 0.6) is 0 Å². The molecule has 3 rings (SSSR count). The fraction of sp³-hybridized carbons (Fsp3) is 0.438. The number of aromatic nitrogens is 1. The maximum Gasteiger partial charge on any atom is 0.258 e. The van der Waals surface area contributed by atoms with Crippen molar-refractivity contribution in [2.75, 3.05) is 0 Å². The monoisotopic (exact) mass is 241 g/mol. The summed E-state index contributed by atoms with van der Waals surface area (Å²) in [6, 6.07) is 6.16. The van der Waals surface area contributed by atoms with Gasteiger partial charge in [0.25, 0.3) is 5.56 Å². The van der Waals surface area contributed by atoms with Crippen molar-refractivity contribution < 1.29 is 0 Å². The lowest BCUT2D eigenvalue weighted by atomic mass is 9.90. The molecule has 0 spiro atoms. The molecule has 2 heteroatoms. The summed E-state index contributed by atoms with van der Waals surface area (Å²) in [5.74, 6) is 0.499. The topological polar surface area (TPSA) is 22.0 Å². The van der Waals surface area contributed by atoms with E-state index in [1.54, 1.807) is 0 Å². The van der Waals surface area contributed by atoms with Gasteiger partial charge in [0.15, 0.2) is 0 Å². The summed E-state index contributed by atoms with van der Waals surface area (Å²) in [4.78, 5) is 12.5. The van der Waals surface area contributed by atoms with E-state index in [-0.39, 0.29) is 5.56 Å². The van der Waals surface area contributed by atoms with Crippen LogP contribution in [-0.2, 0) is 19.4 Å². The molecule has 1 heterocycles. The van der Waals surface area contributed by atoms with E-state index >= 15 is 0 Å². The molecule has 94 valence electrons. The van der Waals surface area contributed by atoms with Crippen LogP contribution in [0.1, 0.15) is 31.4 Å². The summed E-state index contributed by atoms with van der Waals surface area (Å²) in [7, 11) is 0. The molecule has 0 aliphatic heterocycles. The minimum absolute atomic E-state index is 0.172. The summed E-state index contributed by atoms with van der Waals surface area (Å²) >= 11 is 0. The van der Waals surface area contributed by atoms with Crippen molar-refractivity contribution in [3.63, 3.8) is 0 Å². The summed E-state index contributed by atoms with van der Waals surface area (Å²) < 4.78 is 1.90. The average molecular weight is 241 g/mol. The molecule has 1 aromatic heterocycles. The second-order valence-electron chi connectivity index (χ2n) is 5.70. The van der Waals surface area contributed by atoms with E-state index in [2.05, 4.69) is 26.1 Å². The smallest absolute Gasteiger partial charge is 0.258 e. The molecule has 18 heavy (non-hydrogen) atoms. The standard InChI is InChI=1S/C16H19NO/c1-11(2)9-17-10-13-7-3-5-12-6-4-8-14(15(12)13)16(17)18/h4,6,8,10-11H,3,5,7,9H2,1-2H3. The zero-order valence-corrected chi connectivity index (χ0v) is 11.1. The van der Waals surface area contributed by atoms with Crippen LogP contribution in [0.25, 0.3) is 10.8 Å². The van der Waals surface area contributed by atoms with Crippen LogP contribution in [-0.4, -0.2) is 4.57 Å². The van der Waals surface area contributed by atoms with E-state index in [1.807, 2.05) is 16.7 Å². The average Bonchev–Trinajstić information content (AvgIpc) is 2.35. The van der Waals surface area contributed by atoms with Crippen molar-refractivity contribution in [2.24, 2.45) is 5.92 Å².